The van der Waals surface area contributed by atoms with Crippen LogP contribution in [0.4, 0.5) is 0 Å². The largest absolute Gasteiger partial charge is 0.353 e. The Labute approximate surface area is 356 Å². The molecule has 2 heteroatoms. The lowest BCUT2D eigenvalue weighted by Gasteiger charge is -2.19. The smallest absolute Gasteiger partial charge is 0.157 e. The van der Waals surface area contributed by atoms with Crippen molar-refractivity contribution in [3.05, 3.63) is 0 Å². The lowest BCUT2D eigenvalue weighted by molar-refractivity contribution is -0.148. The topological polar surface area (TPSA) is 18.5 Å². The Balaban J connectivity index is 3.94. The highest BCUT2D eigenvalue weighted by atomic mass is 16.7. The number of rotatable bonds is 52. The molecule has 0 N–H and O–H groups in total. The van der Waals surface area contributed by atoms with Crippen LogP contribution in [-0.4, -0.2) is 19.5 Å². The molecular weight excluding hydrogens is 681 g/mol. The number of ether oxygens (including phenoxy) is 2. The van der Waals surface area contributed by atoms with Gasteiger partial charge in [0.1, 0.15) is 0 Å². The van der Waals surface area contributed by atoms with Crippen molar-refractivity contribution in [2.45, 2.75) is 335 Å². The van der Waals surface area contributed by atoms with Crippen LogP contribution in [0.3, 0.4) is 0 Å². The first kappa shape index (κ1) is 55.9. The molecule has 0 spiro atoms. The first-order valence-corrected chi connectivity index (χ1v) is 27.1. The van der Waals surface area contributed by atoms with Crippen molar-refractivity contribution >= 4 is 0 Å². The van der Waals surface area contributed by atoms with E-state index < -0.39 is 0 Å². The van der Waals surface area contributed by atoms with Crippen LogP contribution >= 0.6 is 0 Å². The molecule has 0 fully saturated rings. The molecule has 0 amide bonds. The summed E-state index contributed by atoms with van der Waals surface area (Å²) in [5.41, 5.74) is 0. The predicted octanol–water partition coefficient (Wildman–Crippen LogP) is 20.1. The Morgan fingerprint density at radius 2 is 0.357 bits per heavy atom. The zero-order valence-electron chi connectivity index (χ0n) is 39.7. The minimum Gasteiger partial charge on any atom is -0.353 e. The Morgan fingerprint density at radius 1 is 0.196 bits per heavy atom. The third-order valence-corrected chi connectivity index (χ3v) is 12.6. The molecule has 338 valence electrons. The molecule has 0 atom stereocenters. The minimum atomic E-state index is 0.0321. The van der Waals surface area contributed by atoms with E-state index in [1.165, 1.54) is 302 Å². The van der Waals surface area contributed by atoms with Crippen molar-refractivity contribution in [3.8, 4) is 0 Å². The Morgan fingerprint density at radius 3 is 0.554 bits per heavy atom. The molecule has 0 heterocycles. The molecule has 0 aromatic rings. The summed E-state index contributed by atoms with van der Waals surface area (Å²) >= 11 is 0. The fraction of sp³-hybridized carbons (Fsp3) is 1.00. The zero-order chi connectivity index (χ0) is 40.3. The van der Waals surface area contributed by atoms with E-state index in [9.17, 15) is 0 Å². The summed E-state index contributed by atoms with van der Waals surface area (Å²) in [6.45, 7) is 8.71. The highest BCUT2D eigenvalue weighted by Gasteiger charge is 2.10. The molecule has 0 rings (SSSR count). The maximum absolute atomic E-state index is 6.39. The standard InChI is InChI=1S/C54H110O2/c1-4-7-10-13-16-19-22-25-28-31-34-37-40-43-46-49-52-55-54(51-48-45-42-39-36-33-30-27-24-21-18-15-12-9-6-3)56-53-50-47-44-41-38-35-32-29-26-23-20-17-14-11-8-5-2/h54H,4-53H2,1-3H3. The molecule has 56 heavy (non-hydrogen) atoms. The molecule has 0 radical (unpaired) electrons. The Hall–Kier alpha value is -0.0800. The molecule has 0 aliphatic rings. The summed E-state index contributed by atoms with van der Waals surface area (Å²) in [6, 6.07) is 0. The molecule has 2 nitrogen and oxygen atoms in total. The minimum absolute atomic E-state index is 0.0321. The molecule has 0 bridgehead atoms. The van der Waals surface area contributed by atoms with E-state index in [1.54, 1.807) is 0 Å². The van der Waals surface area contributed by atoms with Gasteiger partial charge in [-0.15, -0.1) is 0 Å². The van der Waals surface area contributed by atoms with Crippen LogP contribution in [0, 0.1) is 0 Å². The van der Waals surface area contributed by atoms with Gasteiger partial charge in [0.25, 0.3) is 0 Å². The molecule has 0 aliphatic heterocycles. The Kier molecular flexibility index (Phi) is 52.9. The summed E-state index contributed by atoms with van der Waals surface area (Å²) in [7, 11) is 0. The van der Waals surface area contributed by atoms with E-state index in [-0.39, 0.29) is 6.29 Å². The van der Waals surface area contributed by atoms with Gasteiger partial charge >= 0.3 is 0 Å². The molecule has 0 saturated heterocycles. The summed E-state index contributed by atoms with van der Waals surface area (Å²) in [5.74, 6) is 0. The first-order chi connectivity index (χ1) is 27.8. The summed E-state index contributed by atoms with van der Waals surface area (Å²) < 4.78 is 12.8. The van der Waals surface area contributed by atoms with Gasteiger partial charge in [-0.3, -0.25) is 0 Å². The average Bonchev–Trinajstić information content (AvgIpc) is 3.21. The number of unbranched alkanes of at least 4 members (excludes halogenated alkanes) is 44. The van der Waals surface area contributed by atoms with Gasteiger partial charge in [-0.25, -0.2) is 0 Å². The van der Waals surface area contributed by atoms with Gasteiger partial charge in [-0.05, 0) is 25.7 Å². The van der Waals surface area contributed by atoms with Crippen LogP contribution in [-0.2, 0) is 9.47 Å². The van der Waals surface area contributed by atoms with Gasteiger partial charge in [-0.1, -0.05) is 303 Å². The second-order valence-electron chi connectivity index (χ2n) is 18.5. The molecule has 0 aliphatic carbocycles. The second kappa shape index (κ2) is 52.9. The Bertz CT molecular complexity index is 610. The highest BCUT2D eigenvalue weighted by Crippen LogP contribution is 2.18. The van der Waals surface area contributed by atoms with Crippen molar-refractivity contribution in [2.24, 2.45) is 0 Å². The van der Waals surface area contributed by atoms with Crippen molar-refractivity contribution < 1.29 is 9.47 Å². The maximum atomic E-state index is 6.39. The van der Waals surface area contributed by atoms with Crippen molar-refractivity contribution in [1.29, 1.82) is 0 Å². The van der Waals surface area contributed by atoms with Crippen molar-refractivity contribution in [2.75, 3.05) is 13.2 Å². The lowest BCUT2D eigenvalue weighted by Crippen LogP contribution is -2.19. The van der Waals surface area contributed by atoms with E-state index >= 15 is 0 Å². The predicted molar refractivity (Wildman–Crippen MR) is 254 cm³/mol. The lowest BCUT2D eigenvalue weighted by atomic mass is 10.0. The quantitative estimate of drug-likeness (QED) is 0.0451. The first-order valence-electron chi connectivity index (χ1n) is 27.1. The number of hydrogen-bond acceptors (Lipinski definition) is 2. The van der Waals surface area contributed by atoms with Crippen LogP contribution in [0.5, 0.6) is 0 Å². The summed E-state index contributed by atoms with van der Waals surface area (Å²) in [5, 5.41) is 0. The van der Waals surface area contributed by atoms with Crippen LogP contribution in [0.1, 0.15) is 329 Å². The maximum Gasteiger partial charge on any atom is 0.157 e. The molecular formula is C54H110O2. The van der Waals surface area contributed by atoms with Gasteiger partial charge in [0.05, 0.1) is 0 Å². The van der Waals surface area contributed by atoms with E-state index in [0.717, 1.165) is 19.6 Å². The van der Waals surface area contributed by atoms with Crippen LogP contribution in [0.25, 0.3) is 0 Å². The van der Waals surface area contributed by atoms with Crippen LogP contribution in [0.2, 0.25) is 0 Å². The normalized spacial score (nSPS) is 11.8. The average molecular weight is 791 g/mol. The SMILES string of the molecule is CCCCCCCCCCCCCCCCCCOC(CCCCCCCCCCCCCCCCC)OCCCCCCCCCCCCCCCCCC. The van der Waals surface area contributed by atoms with Crippen LogP contribution < -0.4 is 0 Å². The van der Waals surface area contributed by atoms with E-state index in [2.05, 4.69) is 20.8 Å². The van der Waals surface area contributed by atoms with Gasteiger partial charge in [0.15, 0.2) is 6.29 Å². The fourth-order valence-electron chi connectivity index (χ4n) is 8.63. The van der Waals surface area contributed by atoms with E-state index in [4.69, 9.17) is 9.47 Å². The number of hydrogen-bond donors (Lipinski definition) is 0. The second-order valence-corrected chi connectivity index (χ2v) is 18.5. The molecule has 0 aromatic heterocycles. The van der Waals surface area contributed by atoms with Gasteiger partial charge in [-0.2, -0.15) is 0 Å². The fourth-order valence-corrected chi connectivity index (χ4v) is 8.63. The summed E-state index contributed by atoms with van der Waals surface area (Å²) in [6.07, 6.45) is 67.8. The van der Waals surface area contributed by atoms with Crippen molar-refractivity contribution in [1.82, 2.24) is 0 Å². The van der Waals surface area contributed by atoms with E-state index in [0.29, 0.717) is 0 Å². The van der Waals surface area contributed by atoms with Gasteiger partial charge in [0, 0.05) is 13.2 Å². The molecule has 0 unspecified atom stereocenters. The van der Waals surface area contributed by atoms with Crippen molar-refractivity contribution in [3.63, 3.8) is 0 Å². The summed E-state index contributed by atoms with van der Waals surface area (Å²) in [4.78, 5) is 0. The van der Waals surface area contributed by atoms with Crippen LogP contribution in [0.15, 0.2) is 0 Å². The van der Waals surface area contributed by atoms with E-state index in [1.807, 2.05) is 0 Å². The third kappa shape index (κ3) is 50.1. The zero-order valence-corrected chi connectivity index (χ0v) is 39.7. The molecule has 0 saturated carbocycles. The third-order valence-electron chi connectivity index (χ3n) is 12.6. The van der Waals surface area contributed by atoms with Gasteiger partial charge < -0.3 is 9.47 Å². The monoisotopic (exact) mass is 791 g/mol. The highest BCUT2D eigenvalue weighted by molar-refractivity contribution is 4.55. The van der Waals surface area contributed by atoms with Gasteiger partial charge in [0.2, 0.25) is 0 Å². The molecule has 0 aromatic carbocycles.